The third-order valence-electron chi connectivity index (χ3n) is 5.50. The summed E-state index contributed by atoms with van der Waals surface area (Å²) >= 11 is 0. The Morgan fingerprint density at radius 2 is 2.07 bits per heavy atom. The van der Waals surface area contributed by atoms with Gasteiger partial charge in [-0.2, -0.15) is 5.10 Å². The van der Waals surface area contributed by atoms with Crippen LogP contribution in [0.15, 0.2) is 19.0 Å². The van der Waals surface area contributed by atoms with Crippen LogP contribution in [-0.4, -0.2) is 43.6 Å². The van der Waals surface area contributed by atoms with E-state index in [1.807, 2.05) is 9.58 Å². The summed E-state index contributed by atoms with van der Waals surface area (Å²) in [5.74, 6) is 7.38. The molecule has 0 aromatic carbocycles. The van der Waals surface area contributed by atoms with Crippen LogP contribution in [0.3, 0.4) is 0 Å². The van der Waals surface area contributed by atoms with E-state index in [1.165, 1.54) is 25.2 Å². The number of aromatic nitrogens is 4. The Labute approximate surface area is 158 Å². The maximum absolute atomic E-state index is 12.0. The number of amides is 1. The number of nitrogens with zero attached hydrogens (tertiary/aromatic N) is 5. The number of likely N-dealkylation sites (tertiary alicyclic amines) is 1. The molecule has 2 fully saturated rings. The summed E-state index contributed by atoms with van der Waals surface area (Å²) in [6.07, 6.45) is 9.45. The maximum atomic E-state index is 12.0. The van der Waals surface area contributed by atoms with Gasteiger partial charge in [0.1, 0.15) is 17.8 Å². The molecule has 27 heavy (non-hydrogen) atoms. The van der Waals surface area contributed by atoms with Gasteiger partial charge in [-0.05, 0) is 37.7 Å². The van der Waals surface area contributed by atoms with Crippen LogP contribution in [-0.2, 0) is 4.79 Å². The van der Waals surface area contributed by atoms with E-state index in [-0.39, 0.29) is 11.9 Å². The molecule has 7 nitrogen and oxygen atoms in total. The van der Waals surface area contributed by atoms with Gasteiger partial charge in [0.15, 0.2) is 5.65 Å². The van der Waals surface area contributed by atoms with Crippen LogP contribution < -0.4 is 5.73 Å². The summed E-state index contributed by atoms with van der Waals surface area (Å²) < 4.78 is 1.88. The molecule has 0 bridgehead atoms. The van der Waals surface area contributed by atoms with Crippen molar-refractivity contribution in [2.45, 2.75) is 44.6 Å². The fourth-order valence-corrected chi connectivity index (χ4v) is 4.06. The molecule has 2 aliphatic rings. The first-order valence-corrected chi connectivity index (χ1v) is 9.59. The van der Waals surface area contributed by atoms with Gasteiger partial charge in [-0.25, -0.2) is 14.6 Å². The van der Waals surface area contributed by atoms with E-state index < -0.39 is 0 Å². The second-order valence-electron chi connectivity index (χ2n) is 7.29. The zero-order chi connectivity index (χ0) is 18.8. The van der Waals surface area contributed by atoms with Crippen molar-refractivity contribution in [3.05, 3.63) is 24.7 Å². The van der Waals surface area contributed by atoms with E-state index in [9.17, 15) is 4.79 Å². The van der Waals surface area contributed by atoms with Crippen LogP contribution >= 0.6 is 0 Å². The summed E-state index contributed by atoms with van der Waals surface area (Å²) in [6, 6.07) is 0.0430. The highest BCUT2D eigenvalue weighted by molar-refractivity contribution is 5.90. The van der Waals surface area contributed by atoms with E-state index in [0.29, 0.717) is 29.6 Å². The van der Waals surface area contributed by atoms with Gasteiger partial charge in [0, 0.05) is 19.0 Å². The molecule has 2 aromatic rings. The number of fused-ring (bicyclic) bond motifs is 1. The van der Waals surface area contributed by atoms with Crippen LogP contribution in [0.5, 0.6) is 0 Å². The summed E-state index contributed by atoms with van der Waals surface area (Å²) in [4.78, 5) is 22.4. The van der Waals surface area contributed by atoms with Crippen LogP contribution in [0.2, 0.25) is 0 Å². The summed E-state index contributed by atoms with van der Waals surface area (Å²) in [6.45, 7) is 4.92. The molecule has 0 spiro atoms. The molecule has 1 aliphatic carbocycles. The van der Waals surface area contributed by atoms with Gasteiger partial charge in [-0.3, -0.25) is 4.79 Å². The predicted octanol–water partition coefficient (Wildman–Crippen LogP) is 2.30. The third kappa shape index (κ3) is 3.39. The highest BCUT2D eigenvalue weighted by Crippen LogP contribution is 2.29. The predicted molar refractivity (Wildman–Crippen MR) is 104 cm³/mol. The number of nitrogens with two attached hydrogens (primary N) is 1. The molecule has 1 saturated heterocycles. The van der Waals surface area contributed by atoms with Gasteiger partial charge >= 0.3 is 0 Å². The fraction of sp³-hybridized carbons (Fsp3) is 0.500. The average molecular weight is 364 g/mol. The van der Waals surface area contributed by atoms with Crippen molar-refractivity contribution in [1.29, 1.82) is 0 Å². The SMILES string of the molecule is C=CC(=O)N1CCC[C@@H](n2nc(C#CC3CCCC3)c3c(N)ncnc32)C1. The Morgan fingerprint density at radius 1 is 1.26 bits per heavy atom. The van der Waals surface area contributed by atoms with Crippen molar-refractivity contribution >= 4 is 22.8 Å². The van der Waals surface area contributed by atoms with Crippen molar-refractivity contribution in [3.8, 4) is 11.8 Å². The Kier molecular flexibility index (Phi) is 4.80. The minimum Gasteiger partial charge on any atom is -0.383 e. The Morgan fingerprint density at radius 3 is 2.85 bits per heavy atom. The molecule has 4 rings (SSSR count). The van der Waals surface area contributed by atoms with Crippen molar-refractivity contribution in [3.63, 3.8) is 0 Å². The van der Waals surface area contributed by atoms with E-state index >= 15 is 0 Å². The normalized spacial score (nSPS) is 20.4. The molecule has 2 N–H and O–H groups in total. The van der Waals surface area contributed by atoms with Crippen LogP contribution in [0.1, 0.15) is 50.3 Å². The molecule has 3 heterocycles. The highest BCUT2D eigenvalue weighted by atomic mass is 16.2. The molecule has 1 atom stereocenters. The van der Waals surface area contributed by atoms with Gasteiger partial charge in [0.2, 0.25) is 5.91 Å². The standard InChI is InChI=1S/C20H24N6O/c1-2-17(27)25-11-5-8-15(12-25)26-20-18(19(21)22-13-23-20)16(24-26)10-9-14-6-3-4-7-14/h2,13-15H,1,3-8,11-12H2,(H2,21,22,23)/t15-/m1/s1. The van der Waals surface area contributed by atoms with Crippen molar-refractivity contribution in [2.24, 2.45) is 5.92 Å². The largest absolute Gasteiger partial charge is 0.383 e. The van der Waals surface area contributed by atoms with Gasteiger partial charge in [0.25, 0.3) is 0 Å². The minimum atomic E-state index is -0.0495. The van der Waals surface area contributed by atoms with E-state index in [2.05, 4.69) is 28.4 Å². The maximum Gasteiger partial charge on any atom is 0.246 e. The average Bonchev–Trinajstić information content (AvgIpc) is 3.34. The summed E-state index contributed by atoms with van der Waals surface area (Å²) in [5, 5.41) is 5.47. The Balaban J connectivity index is 1.71. The van der Waals surface area contributed by atoms with Crippen LogP contribution in [0.25, 0.3) is 11.0 Å². The number of rotatable bonds is 2. The van der Waals surface area contributed by atoms with Gasteiger partial charge in [-0.1, -0.05) is 25.3 Å². The monoisotopic (exact) mass is 364 g/mol. The quantitative estimate of drug-likeness (QED) is 0.652. The van der Waals surface area contributed by atoms with Crippen LogP contribution in [0, 0.1) is 17.8 Å². The zero-order valence-electron chi connectivity index (χ0n) is 15.4. The molecule has 2 aromatic heterocycles. The number of carbonyl (C=O) groups excluding carboxylic acids is 1. The smallest absolute Gasteiger partial charge is 0.246 e. The molecule has 140 valence electrons. The number of nitrogen functional groups attached to an aromatic ring is 1. The first kappa shape index (κ1) is 17.5. The topological polar surface area (TPSA) is 89.9 Å². The lowest BCUT2D eigenvalue weighted by Crippen LogP contribution is -2.40. The number of anilines is 1. The number of carbonyl (C=O) groups is 1. The lowest BCUT2D eigenvalue weighted by molar-refractivity contribution is -0.127. The van der Waals surface area contributed by atoms with Gasteiger partial charge in [-0.15, -0.1) is 0 Å². The molecular weight excluding hydrogens is 340 g/mol. The minimum absolute atomic E-state index is 0.0430. The number of piperidine rings is 1. The summed E-state index contributed by atoms with van der Waals surface area (Å²) in [5.41, 5.74) is 7.46. The number of hydrogen-bond donors (Lipinski definition) is 1. The molecule has 7 heteroatoms. The van der Waals surface area contributed by atoms with Crippen LogP contribution in [0.4, 0.5) is 5.82 Å². The second-order valence-corrected chi connectivity index (χ2v) is 7.29. The van der Waals surface area contributed by atoms with E-state index in [0.717, 1.165) is 37.6 Å². The van der Waals surface area contributed by atoms with Gasteiger partial charge in [0.05, 0.1) is 11.4 Å². The van der Waals surface area contributed by atoms with Crippen molar-refractivity contribution in [1.82, 2.24) is 24.6 Å². The number of hydrogen-bond acceptors (Lipinski definition) is 5. The van der Waals surface area contributed by atoms with E-state index in [1.54, 1.807) is 0 Å². The van der Waals surface area contributed by atoms with Crippen molar-refractivity contribution in [2.75, 3.05) is 18.8 Å². The second kappa shape index (κ2) is 7.39. The van der Waals surface area contributed by atoms with Gasteiger partial charge < -0.3 is 10.6 Å². The lowest BCUT2D eigenvalue weighted by atomic mass is 10.1. The zero-order valence-corrected chi connectivity index (χ0v) is 15.4. The van der Waals surface area contributed by atoms with E-state index in [4.69, 9.17) is 10.8 Å². The first-order valence-electron chi connectivity index (χ1n) is 9.59. The third-order valence-corrected chi connectivity index (χ3v) is 5.50. The Hall–Kier alpha value is -2.88. The molecular formula is C20H24N6O. The lowest BCUT2D eigenvalue weighted by Gasteiger charge is -2.32. The highest BCUT2D eigenvalue weighted by Gasteiger charge is 2.27. The molecule has 1 saturated carbocycles. The molecule has 1 aliphatic heterocycles. The summed E-state index contributed by atoms with van der Waals surface area (Å²) in [7, 11) is 0. The Bertz CT molecular complexity index is 931. The molecule has 0 radical (unpaired) electrons. The fourth-order valence-electron chi connectivity index (χ4n) is 4.06. The molecule has 0 unspecified atom stereocenters. The molecule has 1 amide bonds. The first-order chi connectivity index (χ1) is 13.2. The van der Waals surface area contributed by atoms with Crippen molar-refractivity contribution < 1.29 is 4.79 Å².